The molecule has 21 heavy (non-hydrogen) atoms. The van der Waals surface area contributed by atoms with Crippen LogP contribution in [0.2, 0.25) is 0 Å². The van der Waals surface area contributed by atoms with E-state index in [2.05, 4.69) is 4.99 Å². The Kier molecular flexibility index (Phi) is 4.66. The van der Waals surface area contributed by atoms with E-state index in [0.29, 0.717) is 17.0 Å². The van der Waals surface area contributed by atoms with Gasteiger partial charge in [0.15, 0.2) is 5.71 Å². The van der Waals surface area contributed by atoms with E-state index in [-0.39, 0.29) is 5.71 Å². The fourth-order valence-electron chi connectivity index (χ4n) is 1.75. The third-order valence-electron chi connectivity index (χ3n) is 2.79. The van der Waals surface area contributed by atoms with Crippen molar-refractivity contribution in [2.24, 2.45) is 4.99 Å². The molecular formula is C16H14FNO3. The van der Waals surface area contributed by atoms with Crippen LogP contribution in [-0.2, 0) is 9.53 Å². The predicted octanol–water partition coefficient (Wildman–Crippen LogP) is 3.13. The number of methoxy groups -OCH3 is 2. The average molecular weight is 287 g/mol. The van der Waals surface area contributed by atoms with Crippen molar-refractivity contribution in [3.63, 3.8) is 0 Å². The van der Waals surface area contributed by atoms with Gasteiger partial charge in [0.2, 0.25) is 0 Å². The third kappa shape index (κ3) is 3.66. The molecule has 2 aromatic carbocycles. The van der Waals surface area contributed by atoms with Gasteiger partial charge in [0.25, 0.3) is 0 Å². The first-order chi connectivity index (χ1) is 10.1. The fraction of sp³-hybridized carbons (Fsp3) is 0.125. The number of hydrogen-bond acceptors (Lipinski definition) is 4. The molecular weight excluding hydrogens is 273 g/mol. The van der Waals surface area contributed by atoms with Crippen molar-refractivity contribution < 1.29 is 18.7 Å². The van der Waals surface area contributed by atoms with Crippen LogP contribution in [0.4, 0.5) is 10.1 Å². The number of rotatable bonds is 4. The lowest BCUT2D eigenvalue weighted by Crippen LogP contribution is -2.17. The molecule has 2 aromatic rings. The Bertz CT molecular complexity index is 665. The number of nitrogens with zero attached hydrogens (tertiary/aromatic N) is 1. The number of carbonyl (C=O) groups excluding carboxylic acids is 1. The molecule has 5 heteroatoms. The summed E-state index contributed by atoms with van der Waals surface area (Å²) in [6.07, 6.45) is 0. The molecule has 0 fully saturated rings. The summed E-state index contributed by atoms with van der Waals surface area (Å²) in [7, 11) is 2.82. The van der Waals surface area contributed by atoms with E-state index in [1.165, 1.54) is 25.3 Å². The van der Waals surface area contributed by atoms with Crippen LogP contribution in [0, 0.1) is 5.82 Å². The van der Waals surface area contributed by atoms with E-state index >= 15 is 0 Å². The van der Waals surface area contributed by atoms with Crippen LogP contribution in [0.25, 0.3) is 0 Å². The highest BCUT2D eigenvalue weighted by atomic mass is 19.1. The molecule has 0 aliphatic heterocycles. The largest absolute Gasteiger partial charge is 0.497 e. The minimum Gasteiger partial charge on any atom is -0.497 e. The molecule has 0 unspecified atom stereocenters. The lowest BCUT2D eigenvalue weighted by Gasteiger charge is -2.06. The van der Waals surface area contributed by atoms with E-state index in [0.717, 1.165) is 0 Å². The number of halogens is 1. The van der Waals surface area contributed by atoms with Gasteiger partial charge < -0.3 is 9.47 Å². The SMILES string of the molecule is COC(=O)C(=Nc1ccc(OC)cc1)c1cccc(F)c1. The molecule has 108 valence electrons. The Morgan fingerprint density at radius 2 is 1.81 bits per heavy atom. The van der Waals surface area contributed by atoms with Crippen molar-refractivity contribution in [1.29, 1.82) is 0 Å². The summed E-state index contributed by atoms with van der Waals surface area (Å²) in [4.78, 5) is 16.1. The molecule has 0 bridgehead atoms. The highest BCUT2D eigenvalue weighted by Gasteiger charge is 2.15. The van der Waals surface area contributed by atoms with Gasteiger partial charge in [-0.05, 0) is 36.4 Å². The maximum atomic E-state index is 13.3. The van der Waals surface area contributed by atoms with Crippen LogP contribution >= 0.6 is 0 Å². The van der Waals surface area contributed by atoms with Gasteiger partial charge in [-0.2, -0.15) is 0 Å². The van der Waals surface area contributed by atoms with Crippen molar-refractivity contribution in [2.45, 2.75) is 0 Å². The Hall–Kier alpha value is -2.69. The van der Waals surface area contributed by atoms with Gasteiger partial charge in [-0.3, -0.25) is 0 Å². The van der Waals surface area contributed by atoms with E-state index in [1.54, 1.807) is 37.4 Å². The summed E-state index contributed by atoms with van der Waals surface area (Å²) in [5.41, 5.74) is 0.945. The van der Waals surface area contributed by atoms with E-state index in [1.807, 2.05) is 0 Å². The molecule has 4 nitrogen and oxygen atoms in total. The lowest BCUT2D eigenvalue weighted by molar-refractivity contribution is -0.132. The number of carbonyl (C=O) groups is 1. The van der Waals surface area contributed by atoms with Gasteiger partial charge in [0, 0.05) is 5.56 Å². The van der Waals surface area contributed by atoms with Gasteiger partial charge >= 0.3 is 5.97 Å². The topological polar surface area (TPSA) is 47.9 Å². The van der Waals surface area contributed by atoms with Crippen molar-refractivity contribution in [1.82, 2.24) is 0 Å². The van der Waals surface area contributed by atoms with Crippen molar-refractivity contribution >= 4 is 17.4 Å². The molecule has 0 aliphatic rings. The normalized spacial score (nSPS) is 11.1. The minimum absolute atomic E-state index is 0.0437. The highest BCUT2D eigenvalue weighted by Crippen LogP contribution is 2.19. The minimum atomic E-state index is -0.628. The molecule has 0 saturated heterocycles. The smallest absolute Gasteiger partial charge is 0.357 e. The summed E-state index contributed by atoms with van der Waals surface area (Å²) in [6, 6.07) is 12.5. The van der Waals surface area contributed by atoms with Crippen LogP contribution < -0.4 is 4.74 Å². The highest BCUT2D eigenvalue weighted by molar-refractivity contribution is 6.43. The van der Waals surface area contributed by atoms with Gasteiger partial charge in [-0.1, -0.05) is 12.1 Å². The Labute approximate surface area is 121 Å². The first-order valence-corrected chi connectivity index (χ1v) is 6.21. The van der Waals surface area contributed by atoms with Crippen LogP contribution in [0.15, 0.2) is 53.5 Å². The van der Waals surface area contributed by atoms with E-state index in [4.69, 9.17) is 9.47 Å². The fourth-order valence-corrected chi connectivity index (χ4v) is 1.75. The van der Waals surface area contributed by atoms with Gasteiger partial charge in [0.1, 0.15) is 11.6 Å². The summed E-state index contributed by atoms with van der Waals surface area (Å²) in [5.74, 6) is -0.394. The van der Waals surface area contributed by atoms with E-state index < -0.39 is 11.8 Å². The zero-order valence-corrected chi connectivity index (χ0v) is 11.7. The quantitative estimate of drug-likeness (QED) is 0.641. The second-order valence-electron chi connectivity index (χ2n) is 4.16. The molecule has 0 amide bonds. The molecule has 0 N–H and O–H groups in total. The molecule has 0 aliphatic carbocycles. The molecule has 0 saturated carbocycles. The predicted molar refractivity (Wildman–Crippen MR) is 77.6 cm³/mol. The number of ether oxygens (including phenoxy) is 2. The van der Waals surface area contributed by atoms with Crippen molar-refractivity contribution in [3.05, 3.63) is 59.9 Å². The summed E-state index contributed by atoms with van der Waals surface area (Å²) in [5, 5.41) is 0. The van der Waals surface area contributed by atoms with Crippen LogP contribution in [0.5, 0.6) is 5.75 Å². The maximum absolute atomic E-state index is 13.3. The molecule has 0 aromatic heterocycles. The van der Waals surface area contributed by atoms with Gasteiger partial charge in [-0.25, -0.2) is 14.2 Å². The van der Waals surface area contributed by atoms with Crippen LogP contribution in [-0.4, -0.2) is 25.9 Å². The summed E-state index contributed by atoms with van der Waals surface area (Å²) in [6.45, 7) is 0. The molecule has 0 heterocycles. The molecule has 0 radical (unpaired) electrons. The lowest BCUT2D eigenvalue weighted by atomic mass is 10.1. The Morgan fingerprint density at radius 1 is 1.10 bits per heavy atom. The molecule has 0 spiro atoms. The second-order valence-corrected chi connectivity index (χ2v) is 4.16. The summed E-state index contributed by atoms with van der Waals surface area (Å²) < 4.78 is 23.1. The summed E-state index contributed by atoms with van der Waals surface area (Å²) >= 11 is 0. The Balaban J connectivity index is 2.44. The Morgan fingerprint density at radius 3 is 2.38 bits per heavy atom. The standard InChI is InChI=1S/C16H14FNO3/c1-20-14-8-6-13(7-9-14)18-15(16(19)21-2)11-4-3-5-12(17)10-11/h3-10H,1-2H3. The zero-order valence-electron chi connectivity index (χ0n) is 11.7. The number of aliphatic imine (C=N–C) groups is 1. The zero-order chi connectivity index (χ0) is 15.2. The van der Waals surface area contributed by atoms with E-state index in [9.17, 15) is 9.18 Å². The van der Waals surface area contributed by atoms with Gasteiger partial charge in [-0.15, -0.1) is 0 Å². The van der Waals surface area contributed by atoms with Crippen molar-refractivity contribution in [2.75, 3.05) is 14.2 Å². The third-order valence-corrected chi connectivity index (χ3v) is 2.79. The number of hydrogen-bond donors (Lipinski definition) is 0. The number of esters is 1. The van der Waals surface area contributed by atoms with Crippen LogP contribution in [0.1, 0.15) is 5.56 Å². The second kappa shape index (κ2) is 6.65. The number of benzene rings is 2. The van der Waals surface area contributed by atoms with Crippen LogP contribution in [0.3, 0.4) is 0 Å². The average Bonchev–Trinajstić information content (AvgIpc) is 2.52. The maximum Gasteiger partial charge on any atom is 0.357 e. The molecule has 2 rings (SSSR count). The monoisotopic (exact) mass is 287 g/mol. The first-order valence-electron chi connectivity index (χ1n) is 6.21. The molecule has 0 atom stereocenters. The first kappa shape index (κ1) is 14.7. The van der Waals surface area contributed by atoms with Crippen molar-refractivity contribution in [3.8, 4) is 5.75 Å². The van der Waals surface area contributed by atoms with Gasteiger partial charge in [0.05, 0.1) is 19.9 Å².